The lowest BCUT2D eigenvalue weighted by atomic mass is 9.82. The summed E-state index contributed by atoms with van der Waals surface area (Å²) in [6.45, 7) is 1.90. The Morgan fingerprint density at radius 2 is 1.62 bits per heavy atom. The fourth-order valence-corrected chi connectivity index (χ4v) is 5.64. The molecule has 2 aromatic rings. The molecule has 1 saturated carbocycles. The van der Waals surface area contributed by atoms with E-state index in [-0.39, 0.29) is 37.9 Å². The van der Waals surface area contributed by atoms with Crippen LogP contribution in [0.2, 0.25) is 0 Å². The monoisotopic (exact) mass is 580 g/mol. The normalized spacial score (nSPS) is 17.3. The molecular weight excluding hydrogens is 539 g/mol. The third-order valence-electron chi connectivity index (χ3n) is 8.08. The maximum atomic E-state index is 13.8. The molecule has 4 rings (SSSR count). The van der Waals surface area contributed by atoms with Gasteiger partial charge in [0, 0.05) is 25.9 Å². The van der Waals surface area contributed by atoms with Gasteiger partial charge in [-0.2, -0.15) is 0 Å². The Kier molecular flexibility index (Phi) is 12.2. The number of carbonyl (C=O) groups is 4. The molecule has 8 nitrogen and oxygen atoms in total. The Bertz CT molecular complexity index is 1180. The van der Waals surface area contributed by atoms with Crippen molar-refractivity contribution in [1.29, 1.82) is 0 Å². The zero-order valence-corrected chi connectivity index (χ0v) is 24.1. The van der Waals surface area contributed by atoms with Crippen LogP contribution in [0.5, 0.6) is 0 Å². The van der Waals surface area contributed by atoms with Crippen molar-refractivity contribution in [2.24, 2.45) is 11.8 Å². The van der Waals surface area contributed by atoms with Gasteiger partial charge < -0.3 is 19.7 Å². The van der Waals surface area contributed by atoms with Crippen LogP contribution in [0.25, 0.3) is 0 Å². The van der Waals surface area contributed by atoms with Crippen molar-refractivity contribution >= 4 is 23.4 Å². The zero-order chi connectivity index (χ0) is 29.7. The van der Waals surface area contributed by atoms with Crippen LogP contribution in [-0.4, -0.2) is 67.2 Å². The highest BCUT2D eigenvalue weighted by molar-refractivity contribution is 6.38. The molecule has 0 radical (unpaired) electrons. The Labute approximate surface area is 246 Å². The van der Waals surface area contributed by atoms with E-state index in [0.717, 1.165) is 31.2 Å². The summed E-state index contributed by atoms with van der Waals surface area (Å²) >= 11 is 0. The van der Waals surface area contributed by atoms with Crippen LogP contribution in [0.4, 0.5) is 9.18 Å². The fraction of sp³-hybridized carbons (Fsp3) is 0.515. The number of benzene rings is 2. The summed E-state index contributed by atoms with van der Waals surface area (Å²) in [5.74, 6) is -2.76. The second-order valence-corrected chi connectivity index (χ2v) is 11.3. The molecule has 42 heavy (non-hydrogen) atoms. The van der Waals surface area contributed by atoms with Crippen LogP contribution in [0, 0.1) is 17.7 Å². The largest absolute Gasteiger partial charge is 0.378 e. The Hall–Kier alpha value is -3.43. The number of rotatable bonds is 14. The fourth-order valence-electron chi connectivity index (χ4n) is 5.64. The molecule has 1 N–H and O–H groups in total. The second kappa shape index (κ2) is 16.3. The molecular formula is C33H41FN2O6. The van der Waals surface area contributed by atoms with Crippen molar-refractivity contribution in [2.75, 3.05) is 32.9 Å². The topological polar surface area (TPSA) is 102 Å². The van der Waals surface area contributed by atoms with Crippen molar-refractivity contribution < 1.29 is 33.0 Å². The number of ether oxygens (including phenoxy) is 2. The summed E-state index contributed by atoms with van der Waals surface area (Å²) in [5.41, 5.74) is 1.42. The standard InChI is InChI=1S/C33H41FN2O6/c34-28-13-11-25(12-14-28)20-31(38)32(39)27(23-42-22-26-9-5-2-6-10-26)21-30(37)29(19-24-7-3-1-4-8-24)35-33(40)36-15-17-41-18-16-36/h2,5-6,9-14,24,27,29H,1,3-4,7-8,15-23H2,(H,35,40)/t27?,29-/m0/s1. The third kappa shape index (κ3) is 9.84. The Morgan fingerprint density at radius 1 is 0.929 bits per heavy atom. The lowest BCUT2D eigenvalue weighted by Gasteiger charge is -2.31. The lowest BCUT2D eigenvalue weighted by molar-refractivity contribution is -0.141. The van der Waals surface area contributed by atoms with E-state index in [9.17, 15) is 23.6 Å². The van der Waals surface area contributed by atoms with Crippen LogP contribution in [-0.2, 0) is 36.9 Å². The zero-order valence-electron chi connectivity index (χ0n) is 24.1. The van der Waals surface area contributed by atoms with Crippen molar-refractivity contribution in [1.82, 2.24) is 10.2 Å². The first-order valence-corrected chi connectivity index (χ1v) is 15.0. The predicted molar refractivity (Wildman–Crippen MR) is 155 cm³/mol. The molecule has 2 fully saturated rings. The number of hydrogen-bond acceptors (Lipinski definition) is 6. The maximum absolute atomic E-state index is 13.8. The highest BCUT2D eigenvalue weighted by Crippen LogP contribution is 2.28. The minimum atomic E-state index is -0.997. The van der Waals surface area contributed by atoms with E-state index in [0.29, 0.717) is 44.2 Å². The molecule has 1 aliphatic carbocycles. The van der Waals surface area contributed by atoms with Crippen LogP contribution < -0.4 is 5.32 Å². The number of halogens is 1. The quantitative estimate of drug-likeness (QED) is 0.326. The highest BCUT2D eigenvalue weighted by Gasteiger charge is 2.33. The molecule has 1 heterocycles. The SMILES string of the molecule is O=C(Cc1ccc(F)cc1)C(=O)C(COCc1ccccc1)CC(=O)[C@H](CC1CCCCC1)NC(=O)N1CCOCC1. The first-order chi connectivity index (χ1) is 20.4. The van der Waals surface area contributed by atoms with Gasteiger partial charge in [0.15, 0.2) is 5.78 Å². The maximum Gasteiger partial charge on any atom is 0.318 e. The molecule has 0 spiro atoms. The van der Waals surface area contributed by atoms with Crippen molar-refractivity contribution in [2.45, 2.75) is 64.0 Å². The van der Waals surface area contributed by atoms with Crippen LogP contribution in [0.15, 0.2) is 54.6 Å². The smallest absolute Gasteiger partial charge is 0.318 e. The van der Waals surface area contributed by atoms with Gasteiger partial charge in [-0.25, -0.2) is 9.18 Å². The number of carbonyl (C=O) groups excluding carboxylic acids is 4. The molecule has 1 aliphatic heterocycles. The molecule has 1 saturated heterocycles. The van der Waals surface area contributed by atoms with Gasteiger partial charge in [-0.05, 0) is 35.6 Å². The highest BCUT2D eigenvalue weighted by atomic mass is 19.1. The number of hydrogen-bond donors (Lipinski definition) is 1. The summed E-state index contributed by atoms with van der Waals surface area (Å²) in [6, 6.07) is 13.8. The van der Waals surface area contributed by atoms with Crippen molar-refractivity contribution in [3.05, 3.63) is 71.5 Å². The van der Waals surface area contributed by atoms with Crippen molar-refractivity contribution in [3.63, 3.8) is 0 Å². The van der Waals surface area contributed by atoms with E-state index in [1.54, 1.807) is 4.90 Å². The van der Waals surface area contributed by atoms with Gasteiger partial charge >= 0.3 is 6.03 Å². The third-order valence-corrected chi connectivity index (χ3v) is 8.08. The summed E-state index contributed by atoms with van der Waals surface area (Å²) in [5, 5.41) is 2.94. The van der Waals surface area contributed by atoms with Gasteiger partial charge in [0.25, 0.3) is 0 Å². The average Bonchev–Trinajstić information content (AvgIpc) is 3.02. The summed E-state index contributed by atoms with van der Waals surface area (Å²) in [4.78, 5) is 54.9. The van der Waals surface area contributed by atoms with Gasteiger partial charge in [-0.15, -0.1) is 0 Å². The molecule has 2 aromatic carbocycles. The summed E-state index contributed by atoms with van der Waals surface area (Å²) in [7, 11) is 0. The Balaban J connectivity index is 1.46. The van der Waals surface area contributed by atoms with Crippen LogP contribution >= 0.6 is 0 Å². The molecule has 226 valence electrons. The summed E-state index contributed by atoms with van der Waals surface area (Å²) in [6.07, 6.45) is 5.44. The minimum Gasteiger partial charge on any atom is -0.378 e. The van der Waals surface area contributed by atoms with Gasteiger partial charge in [-0.1, -0.05) is 74.6 Å². The number of Topliss-reactive ketones (excluding diaryl/α,β-unsaturated/α-hetero) is 3. The first-order valence-electron chi connectivity index (χ1n) is 15.0. The summed E-state index contributed by atoms with van der Waals surface area (Å²) < 4.78 is 24.5. The van der Waals surface area contributed by atoms with E-state index >= 15 is 0 Å². The second-order valence-electron chi connectivity index (χ2n) is 11.3. The van der Waals surface area contributed by atoms with Gasteiger partial charge in [-0.3, -0.25) is 14.4 Å². The van der Waals surface area contributed by atoms with Crippen molar-refractivity contribution in [3.8, 4) is 0 Å². The van der Waals surface area contributed by atoms with E-state index < -0.39 is 29.3 Å². The first kappa shape index (κ1) is 31.5. The number of nitrogens with zero attached hydrogens (tertiary/aromatic N) is 1. The number of nitrogens with one attached hydrogen (secondary N) is 1. The molecule has 2 aliphatic rings. The average molecular weight is 581 g/mol. The molecule has 2 amide bonds. The van der Waals surface area contributed by atoms with Gasteiger partial charge in [0.2, 0.25) is 11.6 Å². The molecule has 0 bridgehead atoms. The number of urea groups is 1. The molecule has 9 heteroatoms. The number of morpholine rings is 1. The van der Waals surface area contributed by atoms with E-state index in [1.165, 1.54) is 30.7 Å². The van der Waals surface area contributed by atoms with Gasteiger partial charge in [0.1, 0.15) is 5.82 Å². The lowest BCUT2D eigenvalue weighted by Crippen LogP contribution is -2.52. The number of amides is 2. The van der Waals surface area contributed by atoms with E-state index in [2.05, 4.69) is 5.32 Å². The van der Waals surface area contributed by atoms with E-state index in [4.69, 9.17) is 9.47 Å². The van der Waals surface area contributed by atoms with Crippen LogP contribution in [0.1, 0.15) is 56.1 Å². The minimum absolute atomic E-state index is 0.109. The molecule has 0 aromatic heterocycles. The predicted octanol–water partition coefficient (Wildman–Crippen LogP) is 4.68. The van der Waals surface area contributed by atoms with Gasteiger partial charge in [0.05, 0.1) is 38.4 Å². The van der Waals surface area contributed by atoms with E-state index in [1.807, 2.05) is 30.3 Å². The molecule has 1 unspecified atom stereocenters. The number of ketones is 3. The van der Waals surface area contributed by atoms with Crippen LogP contribution in [0.3, 0.4) is 0 Å². The molecule has 2 atom stereocenters. The Morgan fingerprint density at radius 3 is 2.31 bits per heavy atom.